The maximum absolute atomic E-state index is 4.68. The number of hydrogen-bond acceptors (Lipinski definition) is 4. The second-order valence-corrected chi connectivity index (χ2v) is 3.97. The van der Waals surface area contributed by atoms with Crippen LogP contribution in [0.4, 0.5) is 0 Å². The highest BCUT2D eigenvalue weighted by Gasteiger charge is 2.07. The minimum absolute atomic E-state index is 0.481. The first-order valence-electron chi connectivity index (χ1n) is 4.18. The molecule has 0 amide bonds. The maximum atomic E-state index is 4.68. The van der Waals surface area contributed by atoms with E-state index >= 15 is 0 Å². The standard InChI is InChI=1S/C9H14N2OS/c1-6(2)9-10-8(5-13-9)7(3)11-12-4/h5-6H,1-4H3/b11-7+. The van der Waals surface area contributed by atoms with E-state index < -0.39 is 0 Å². The molecule has 0 saturated carbocycles. The van der Waals surface area contributed by atoms with E-state index in [1.165, 1.54) is 0 Å². The Kier molecular flexibility index (Phi) is 3.42. The molecule has 0 atom stereocenters. The van der Waals surface area contributed by atoms with Gasteiger partial charge in [-0.3, -0.25) is 0 Å². The first-order chi connectivity index (χ1) is 6.15. The molecule has 72 valence electrons. The Morgan fingerprint density at radius 3 is 2.77 bits per heavy atom. The van der Waals surface area contributed by atoms with Gasteiger partial charge in [0.05, 0.1) is 10.7 Å². The van der Waals surface area contributed by atoms with Crippen LogP contribution in [0.3, 0.4) is 0 Å². The van der Waals surface area contributed by atoms with E-state index in [2.05, 4.69) is 28.8 Å². The summed E-state index contributed by atoms with van der Waals surface area (Å²) in [6, 6.07) is 0. The van der Waals surface area contributed by atoms with Gasteiger partial charge in [-0.15, -0.1) is 11.3 Å². The number of hydrogen-bond donors (Lipinski definition) is 0. The highest BCUT2D eigenvalue weighted by atomic mass is 32.1. The van der Waals surface area contributed by atoms with Crippen LogP contribution in [-0.2, 0) is 4.84 Å². The van der Waals surface area contributed by atoms with Gasteiger partial charge in [-0.25, -0.2) is 4.98 Å². The summed E-state index contributed by atoms with van der Waals surface area (Å²) in [6.07, 6.45) is 0. The molecule has 0 fully saturated rings. The third kappa shape index (κ3) is 2.52. The summed E-state index contributed by atoms with van der Waals surface area (Å²) in [4.78, 5) is 9.12. The predicted octanol–water partition coefficient (Wildman–Crippen LogP) is 2.64. The van der Waals surface area contributed by atoms with Gasteiger partial charge in [0, 0.05) is 11.3 Å². The van der Waals surface area contributed by atoms with Crippen molar-refractivity contribution in [3.8, 4) is 0 Å². The first kappa shape index (κ1) is 10.2. The SMILES string of the molecule is CO/N=C(\C)c1csc(C(C)C)n1. The Balaban J connectivity index is 2.85. The molecule has 0 N–H and O–H groups in total. The van der Waals surface area contributed by atoms with Gasteiger partial charge in [-0.05, 0) is 6.92 Å². The molecule has 1 heterocycles. The van der Waals surface area contributed by atoms with Gasteiger partial charge in [-0.1, -0.05) is 19.0 Å². The van der Waals surface area contributed by atoms with Crippen molar-refractivity contribution in [2.24, 2.45) is 5.16 Å². The summed E-state index contributed by atoms with van der Waals surface area (Å²) >= 11 is 1.66. The second-order valence-electron chi connectivity index (χ2n) is 3.08. The molecule has 0 aliphatic rings. The second kappa shape index (κ2) is 4.37. The van der Waals surface area contributed by atoms with Crippen LogP contribution in [0.25, 0.3) is 0 Å². The quantitative estimate of drug-likeness (QED) is 0.552. The van der Waals surface area contributed by atoms with Crippen molar-refractivity contribution in [2.75, 3.05) is 7.11 Å². The van der Waals surface area contributed by atoms with E-state index in [4.69, 9.17) is 0 Å². The highest BCUT2D eigenvalue weighted by Crippen LogP contribution is 2.19. The fraction of sp³-hybridized carbons (Fsp3) is 0.556. The van der Waals surface area contributed by atoms with Crippen LogP contribution in [0, 0.1) is 0 Å². The summed E-state index contributed by atoms with van der Waals surface area (Å²) in [5.74, 6) is 0.481. The molecule has 1 rings (SSSR count). The van der Waals surface area contributed by atoms with Gasteiger partial charge in [0.15, 0.2) is 0 Å². The van der Waals surface area contributed by atoms with Crippen LogP contribution < -0.4 is 0 Å². The fourth-order valence-corrected chi connectivity index (χ4v) is 1.78. The minimum atomic E-state index is 0.481. The Morgan fingerprint density at radius 2 is 2.31 bits per heavy atom. The van der Waals surface area contributed by atoms with E-state index in [0.717, 1.165) is 16.4 Å². The van der Waals surface area contributed by atoms with Crippen LogP contribution in [-0.4, -0.2) is 17.8 Å². The summed E-state index contributed by atoms with van der Waals surface area (Å²) in [5.41, 5.74) is 1.74. The molecule has 1 aromatic rings. The topological polar surface area (TPSA) is 34.5 Å². The van der Waals surface area contributed by atoms with Crippen molar-refractivity contribution < 1.29 is 4.84 Å². The van der Waals surface area contributed by atoms with Gasteiger partial charge in [0.2, 0.25) is 0 Å². The number of nitrogens with zero attached hydrogens (tertiary/aromatic N) is 2. The molecule has 0 bridgehead atoms. The zero-order chi connectivity index (χ0) is 9.84. The smallest absolute Gasteiger partial charge is 0.106 e. The Hall–Kier alpha value is -0.900. The largest absolute Gasteiger partial charge is 0.399 e. The zero-order valence-corrected chi connectivity index (χ0v) is 9.18. The molecule has 0 radical (unpaired) electrons. The lowest BCUT2D eigenvalue weighted by Crippen LogP contribution is -1.96. The van der Waals surface area contributed by atoms with E-state index in [1.54, 1.807) is 18.4 Å². The molecule has 4 heteroatoms. The van der Waals surface area contributed by atoms with Gasteiger partial charge in [-0.2, -0.15) is 0 Å². The highest BCUT2D eigenvalue weighted by molar-refractivity contribution is 7.09. The molecule has 1 aromatic heterocycles. The van der Waals surface area contributed by atoms with Crippen LogP contribution in [0.15, 0.2) is 10.5 Å². The molecule has 3 nitrogen and oxygen atoms in total. The molecule has 0 saturated heterocycles. The maximum Gasteiger partial charge on any atom is 0.106 e. The molecular weight excluding hydrogens is 184 g/mol. The summed E-state index contributed by atoms with van der Waals surface area (Å²) in [6.45, 7) is 6.15. The first-order valence-corrected chi connectivity index (χ1v) is 5.06. The normalized spacial score (nSPS) is 12.2. The number of thiazole rings is 1. The molecule has 0 unspecified atom stereocenters. The summed E-state index contributed by atoms with van der Waals surface area (Å²) in [7, 11) is 1.54. The van der Waals surface area contributed by atoms with Crippen molar-refractivity contribution in [1.82, 2.24) is 4.98 Å². The molecule has 0 aliphatic carbocycles. The Bertz CT molecular complexity index is 304. The van der Waals surface area contributed by atoms with Gasteiger partial charge < -0.3 is 4.84 Å². The van der Waals surface area contributed by atoms with Crippen molar-refractivity contribution in [1.29, 1.82) is 0 Å². The van der Waals surface area contributed by atoms with Crippen molar-refractivity contribution in [3.05, 3.63) is 16.1 Å². The van der Waals surface area contributed by atoms with Crippen LogP contribution in [0.2, 0.25) is 0 Å². The average molecular weight is 198 g/mol. The lowest BCUT2D eigenvalue weighted by atomic mass is 10.2. The van der Waals surface area contributed by atoms with Crippen molar-refractivity contribution >= 4 is 17.0 Å². The average Bonchev–Trinajstić information content (AvgIpc) is 2.52. The van der Waals surface area contributed by atoms with E-state index in [-0.39, 0.29) is 0 Å². The third-order valence-electron chi connectivity index (χ3n) is 1.61. The fourth-order valence-electron chi connectivity index (χ4n) is 0.903. The van der Waals surface area contributed by atoms with Gasteiger partial charge >= 0.3 is 0 Å². The Morgan fingerprint density at radius 1 is 1.62 bits per heavy atom. The summed E-state index contributed by atoms with van der Waals surface area (Å²) < 4.78 is 0. The van der Waals surface area contributed by atoms with E-state index in [9.17, 15) is 0 Å². The number of aromatic nitrogens is 1. The molecule has 0 spiro atoms. The van der Waals surface area contributed by atoms with Crippen LogP contribution >= 0.6 is 11.3 Å². The van der Waals surface area contributed by atoms with Gasteiger partial charge in [0.25, 0.3) is 0 Å². The minimum Gasteiger partial charge on any atom is -0.399 e. The van der Waals surface area contributed by atoms with Crippen LogP contribution in [0.5, 0.6) is 0 Å². The lowest BCUT2D eigenvalue weighted by molar-refractivity contribution is 0.213. The number of rotatable bonds is 3. The third-order valence-corrected chi connectivity index (χ3v) is 2.76. The molecular formula is C9H14N2OS. The van der Waals surface area contributed by atoms with Crippen LogP contribution in [0.1, 0.15) is 37.4 Å². The van der Waals surface area contributed by atoms with Gasteiger partial charge in [0.1, 0.15) is 12.8 Å². The zero-order valence-electron chi connectivity index (χ0n) is 8.37. The monoisotopic (exact) mass is 198 g/mol. The molecule has 13 heavy (non-hydrogen) atoms. The predicted molar refractivity (Wildman–Crippen MR) is 55.4 cm³/mol. The van der Waals surface area contributed by atoms with E-state index in [0.29, 0.717) is 5.92 Å². The number of oxime groups is 1. The lowest BCUT2D eigenvalue weighted by Gasteiger charge is -1.96. The summed E-state index contributed by atoms with van der Waals surface area (Å²) in [5, 5.41) is 6.97. The Labute approximate surface area is 82.4 Å². The van der Waals surface area contributed by atoms with Crippen molar-refractivity contribution in [2.45, 2.75) is 26.7 Å². The van der Waals surface area contributed by atoms with Crippen molar-refractivity contribution in [3.63, 3.8) is 0 Å². The molecule has 0 aliphatic heterocycles. The molecule has 0 aromatic carbocycles. The van der Waals surface area contributed by atoms with E-state index in [1.807, 2.05) is 12.3 Å².